The second-order valence-electron chi connectivity index (χ2n) is 4.24. The molecular weight excluding hydrogens is 259 g/mol. The van der Waals surface area contributed by atoms with E-state index in [2.05, 4.69) is 27.1 Å². The summed E-state index contributed by atoms with van der Waals surface area (Å²) < 4.78 is 0. The van der Waals surface area contributed by atoms with Gasteiger partial charge in [-0.2, -0.15) is 0 Å². The van der Waals surface area contributed by atoms with E-state index in [1.54, 1.807) is 0 Å². The predicted molar refractivity (Wildman–Crippen MR) is 74.0 cm³/mol. The Hall–Kier alpha value is -0.420. The van der Waals surface area contributed by atoms with Crippen molar-refractivity contribution in [1.29, 1.82) is 0 Å². The van der Waals surface area contributed by atoms with Gasteiger partial charge < -0.3 is 5.32 Å². The van der Waals surface area contributed by atoms with Crippen LogP contribution >= 0.6 is 24.8 Å². The van der Waals surface area contributed by atoms with Crippen LogP contribution in [0.15, 0.2) is 12.4 Å². The maximum absolute atomic E-state index is 4.37. The van der Waals surface area contributed by atoms with Crippen LogP contribution < -0.4 is 5.32 Å². The second-order valence-corrected chi connectivity index (χ2v) is 4.24. The molecule has 2 heterocycles. The molecule has 1 aliphatic rings. The molecule has 1 aromatic heterocycles. The lowest BCUT2D eigenvalue weighted by molar-refractivity contribution is 0.197. The zero-order chi connectivity index (χ0) is 10.7. The van der Waals surface area contributed by atoms with E-state index in [4.69, 9.17) is 0 Å². The minimum absolute atomic E-state index is 0. The van der Waals surface area contributed by atoms with E-state index in [1.807, 2.05) is 19.3 Å². The summed E-state index contributed by atoms with van der Waals surface area (Å²) in [5.41, 5.74) is 2.04. The molecule has 17 heavy (non-hydrogen) atoms. The van der Waals surface area contributed by atoms with Gasteiger partial charge in [0, 0.05) is 44.6 Å². The summed E-state index contributed by atoms with van der Waals surface area (Å²) in [4.78, 5) is 11.0. The average Bonchev–Trinajstić information content (AvgIpc) is 2.22. The lowest BCUT2D eigenvalue weighted by Crippen LogP contribution is -2.48. The number of nitrogens with one attached hydrogen (secondary N) is 1. The van der Waals surface area contributed by atoms with E-state index < -0.39 is 0 Å². The van der Waals surface area contributed by atoms with Gasteiger partial charge in [-0.05, 0) is 13.8 Å². The Labute approximate surface area is 115 Å². The summed E-state index contributed by atoms with van der Waals surface area (Å²) in [5.74, 6) is 0. The molecule has 1 saturated heterocycles. The van der Waals surface area contributed by atoms with Gasteiger partial charge in [-0.3, -0.25) is 14.9 Å². The number of aryl methyl sites for hydroxylation is 1. The topological polar surface area (TPSA) is 41.1 Å². The molecule has 1 unspecified atom stereocenters. The molecule has 98 valence electrons. The molecule has 6 heteroatoms. The minimum Gasteiger partial charge on any atom is -0.312 e. The molecule has 0 amide bonds. The normalized spacial score (nSPS) is 20.2. The fourth-order valence-electron chi connectivity index (χ4n) is 1.89. The average molecular weight is 279 g/mol. The number of aromatic nitrogens is 2. The Morgan fingerprint density at radius 3 is 2.71 bits per heavy atom. The van der Waals surface area contributed by atoms with Gasteiger partial charge in [0.2, 0.25) is 0 Å². The predicted octanol–water partition coefficient (Wildman–Crippen LogP) is 1.42. The summed E-state index contributed by atoms with van der Waals surface area (Å²) in [7, 11) is 0. The van der Waals surface area contributed by atoms with Crippen LogP contribution in [0.5, 0.6) is 0 Å². The smallest absolute Gasteiger partial charge is 0.0727 e. The molecule has 4 nitrogen and oxygen atoms in total. The SMILES string of the molecule is Cc1cnc(CN2CCNC(C)C2)cn1.Cl.Cl. The summed E-state index contributed by atoms with van der Waals surface area (Å²) in [6, 6.07) is 0.581. The third-order valence-electron chi connectivity index (χ3n) is 2.67. The third kappa shape index (κ3) is 5.17. The molecule has 0 aliphatic carbocycles. The monoisotopic (exact) mass is 278 g/mol. The van der Waals surface area contributed by atoms with Gasteiger partial charge in [0.15, 0.2) is 0 Å². The minimum atomic E-state index is 0. The highest BCUT2D eigenvalue weighted by Gasteiger charge is 2.15. The number of hydrogen-bond acceptors (Lipinski definition) is 4. The van der Waals surface area contributed by atoms with Crippen molar-refractivity contribution >= 4 is 24.8 Å². The lowest BCUT2D eigenvalue weighted by Gasteiger charge is -2.31. The van der Waals surface area contributed by atoms with Crippen molar-refractivity contribution in [3.63, 3.8) is 0 Å². The van der Waals surface area contributed by atoms with Gasteiger partial charge in [-0.25, -0.2) is 0 Å². The zero-order valence-electron chi connectivity index (χ0n) is 10.2. The summed E-state index contributed by atoms with van der Waals surface area (Å²) in [6.45, 7) is 8.35. The van der Waals surface area contributed by atoms with E-state index in [1.165, 1.54) is 0 Å². The molecule has 0 bridgehead atoms. The van der Waals surface area contributed by atoms with Crippen molar-refractivity contribution in [2.75, 3.05) is 19.6 Å². The van der Waals surface area contributed by atoms with Crippen molar-refractivity contribution in [2.24, 2.45) is 0 Å². The van der Waals surface area contributed by atoms with Crippen molar-refractivity contribution < 1.29 is 0 Å². The van der Waals surface area contributed by atoms with E-state index >= 15 is 0 Å². The number of piperazine rings is 1. The number of nitrogens with zero attached hydrogens (tertiary/aromatic N) is 3. The zero-order valence-corrected chi connectivity index (χ0v) is 11.9. The Morgan fingerprint density at radius 1 is 1.35 bits per heavy atom. The molecule has 0 spiro atoms. The summed E-state index contributed by atoms with van der Waals surface area (Å²) in [5, 5.41) is 3.43. The second kappa shape index (κ2) is 7.82. The van der Waals surface area contributed by atoms with Crippen LogP contribution in [0.25, 0.3) is 0 Å². The van der Waals surface area contributed by atoms with E-state index in [0.29, 0.717) is 6.04 Å². The van der Waals surface area contributed by atoms with Crippen molar-refractivity contribution in [3.05, 3.63) is 23.8 Å². The van der Waals surface area contributed by atoms with Crippen molar-refractivity contribution in [2.45, 2.75) is 26.4 Å². The van der Waals surface area contributed by atoms with Crippen LogP contribution in [-0.2, 0) is 6.54 Å². The van der Waals surface area contributed by atoms with Crippen molar-refractivity contribution in [3.8, 4) is 0 Å². The molecule has 1 N–H and O–H groups in total. The Kier molecular flexibility index (Phi) is 7.63. The first-order chi connectivity index (χ1) is 7.24. The Bertz CT molecular complexity index is 318. The molecule has 0 radical (unpaired) electrons. The first-order valence-corrected chi connectivity index (χ1v) is 5.47. The van der Waals surface area contributed by atoms with Crippen LogP contribution in [0.1, 0.15) is 18.3 Å². The largest absolute Gasteiger partial charge is 0.312 e. The Balaban J connectivity index is 0.00000128. The van der Waals surface area contributed by atoms with Crippen molar-refractivity contribution in [1.82, 2.24) is 20.2 Å². The first kappa shape index (κ1) is 16.6. The molecule has 1 aliphatic heterocycles. The molecule has 1 aromatic rings. The summed E-state index contributed by atoms with van der Waals surface area (Å²) >= 11 is 0. The van der Waals surface area contributed by atoms with Crippen LogP contribution in [0.4, 0.5) is 0 Å². The fraction of sp³-hybridized carbons (Fsp3) is 0.636. The van der Waals surface area contributed by atoms with Gasteiger partial charge in [0.1, 0.15) is 0 Å². The quantitative estimate of drug-likeness (QED) is 0.889. The van der Waals surface area contributed by atoms with Crippen LogP contribution in [0.2, 0.25) is 0 Å². The third-order valence-corrected chi connectivity index (χ3v) is 2.67. The Morgan fingerprint density at radius 2 is 2.12 bits per heavy atom. The molecule has 2 rings (SSSR count). The molecule has 1 fully saturated rings. The molecule has 0 saturated carbocycles. The maximum atomic E-state index is 4.37. The molecular formula is C11H20Cl2N4. The number of hydrogen-bond donors (Lipinski definition) is 1. The number of halogens is 2. The molecule has 1 atom stereocenters. The van der Waals surface area contributed by atoms with Crippen LogP contribution in [-0.4, -0.2) is 40.5 Å². The standard InChI is InChI=1S/C11H18N4.2ClH/c1-9-5-14-11(6-13-9)8-15-4-3-12-10(2)7-15;;/h5-6,10,12H,3-4,7-8H2,1-2H3;2*1H. The van der Waals surface area contributed by atoms with Crippen LogP contribution in [0, 0.1) is 6.92 Å². The highest BCUT2D eigenvalue weighted by Crippen LogP contribution is 2.04. The molecule has 0 aromatic carbocycles. The van der Waals surface area contributed by atoms with E-state index in [-0.39, 0.29) is 24.8 Å². The first-order valence-electron chi connectivity index (χ1n) is 5.47. The van der Waals surface area contributed by atoms with E-state index in [0.717, 1.165) is 37.6 Å². The van der Waals surface area contributed by atoms with Gasteiger partial charge >= 0.3 is 0 Å². The summed E-state index contributed by atoms with van der Waals surface area (Å²) in [6.07, 6.45) is 3.71. The van der Waals surface area contributed by atoms with Gasteiger partial charge in [0.25, 0.3) is 0 Å². The van der Waals surface area contributed by atoms with Gasteiger partial charge in [-0.1, -0.05) is 0 Å². The highest BCUT2D eigenvalue weighted by atomic mass is 35.5. The van der Waals surface area contributed by atoms with E-state index in [9.17, 15) is 0 Å². The number of rotatable bonds is 2. The van der Waals surface area contributed by atoms with Crippen LogP contribution in [0.3, 0.4) is 0 Å². The lowest BCUT2D eigenvalue weighted by atomic mass is 10.2. The van der Waals surface area contributed by atoms with Gasteiger partial charge in [0.05, 0.1) is 11.4 Å². The van der Waals surface area contributed by atoms with Gasteiger partial charge in [-0.15, -0.1) is 24.8 Å². The highest BCUT2D eigenvalue weighted by molar-refractivity contribution is 5.85. The maximum Gasteiger partial charge on any atom is 0.0727 e. The fourth-order valence-corrected chi connectivity index (χ4v) is 1.89.